The van der Waals surface area contributed by atoms with Crippen LogP contribution in [0.25, 0.3) is 0 Å². The second-order valence-electron chi connectivity index (χ2n) is 4.54. The van der Waals surface area contributed by atoms with E-state index in [0.29, 0.717) is 0 Å². The Morgan fingerprint density at radius 1 is 1.31 bits per heavy atom. The van der Waals surface area contributed by atoms with Gasteiger partial charge in [-0.1, -0.05) is 26.0 Å². The Kier molecular flexibility index (Phi) is 4.60. The number of benzene rings is 1. The third kappa shape index (κ3) is 3.13. The van der Waals surface area contributed by atoms with E-state index < -0.39 is 0 Å². The summed E-state index contributed by atoms with van der Waals surface area (Å²) in [5, 5.41) is 3.32. The first kappa shape index (κ1) is 12.8. The predicted molar refractivity (Wildman–Crippen MR) is 73.0 cm³/mol. The maximum absolute atomic E-state index is 3.89. The molecule has 1 aromatic carbocycles. The summed E-state index contributed by atoms with van der Waals surface area (Å²) in [6, 6.07) is 4.35. The summed E-state index contributed by atoms with van der Waals surface area (Å²) in [5.74, 6) is 0. The van der Waals surface area contributed by atoms with Crippen LogP contribution in [-0.2, 0) is 6.42 Å². The lowest BCUT2D eigenvalue weighted by molar-refractivity contribution is 0.787. The zero-order valence-corrected chi connectivity index (χ0v) is 11.0. The number of aryl methyl sites for hydroxylation is 1. The van der Waals surface area contributed by atoms with Gasteiger partial charge in [0.2, 0.25) is 0 Å². The summed E-state index contributed by atoms with van der Waals surface area (Å²) >= 11 is 0. The Morgan fingerprint density at radius 2 is 2.00 bits per heavy atom. The average Bonchev–Trinajstić information content (AvgIpc) is 2.22. The molecule has 0 fully saturated rings. The van der Waals surface area contributed by atoms with Gasteiger partial charge in [0.25, 0.3) is 0 Å². The molecule has 0 spiro atoms. The standard InChI is InChI=1S/C15H23N/c1-6-7-8-14-12(4)9-10-15(13(14)5)16-11(2)3/h9-10,16H,2,6-8H2,1,3-5H3. The largest absolute Gasteiger partial charge is 0.359 e. The van der Waals surface area contributed by atoms with Crippen molar-refractivity contribution in [2.24, 2.45) is 0 Å². The number of allylic oxidation sites excluding steroid dienone is 1. The van der Waals surface area contributed by atoms with Crippen LogP contribution in [0.4, 0.5) is 5.69 Å². The highest BCUT2D eigenvalue weighted by molar-refractivity contribution is 5.58. The van der Waals surface area contributed by atoms with Crippen molar-refractivity contribution in [1.29, 1.82) is 0 Å². The van der Waals surface area contributed by atoms with Gasteiger partial charge in [0.1, 0.15) is 0 Å². The molecule has 16 heavy (non-hydrogen) atoms. The van der Waals surface area contributed by atoms with Crippen molar-refractivity contribution in [2.45, 2.75) is 47.0 Å². The third-order valence-corrected chi connectivity index (χ3v) is 2.96. The SMILES string of the molecule is C=C(C)Nc1ccc(C)c(CCCC)c1C. The van der Waals surface area contributed by atoms with Crippen LogP contribution in [0, 0.1) is 13.8 Å². The van der Waals surface area contributed by atoms with Gasteiger partial charge in [-0.05, 0) is 56.4 Å². The van der Waals surface area contributed by atoms with Crippen LogP contribution in [0.2, 0.25) is 0 Å². The highest BCUT2D eigenvalue weighted by Crippen LogP contribution is 2.24. The molecule has 1 N–H and O–H groups in total. The Hall–Kier alpha value is -1.24. The van der Waals surface area contributed by atoms with E-state index in [2.05, 4.69) is 44.8 Å². The minimum Gasteiger partial charge on any atom is -0.359 e. The first-order valence-corrected chi connectivity index (χ1v) is 6.07. The zero-order chi connectivity index (χ0) is 12.1. The Balaban J connectivity index is 3.01. The molecule has 0 saturated heterocycles. The molecule has 1 nitrogen and oxygen atoms in total. The van der Waals surface area contributed by atoms with E-state index in [-0.39, 0.29) is 0 Å². The molecule has 88 valence electrons. The molecule has 1 aromatic rings. The van der Waals surface area contributed by atoms with Crippen molar-refractivity contribution in [3.63, 3.8) is 0 Å². The van der Waals surface area contributed by atoms with Crippen molar-refractivity contribution in [1.82, 2.24) is 0 Å². The van der Waals surface area contributed by atoms with Gasteiger partial charge in [0.15, 0.2) is 0 Å². The molecule has 0 aromatic heterocycles. The zero-order valence-electron chi connectivity index (χ0n) is 11.0. The molecule has 1 heteroatoms. The fourth-order valence-electron chi connectivity index (χ4n) is 2.00. The van der Waals surface area contributed by atoms with E-state index in [1.54, 1.807) is 0 Å². The Morgan fingerprint density at radius 3 is 2.56 bits per heavy atom. The van der Waals surface area contributed by atoms with Crippen molar-refractivity contribution in [2.75, 3.05) is 5.32 Å². The molecular formula is C15H23N. The van der Waals surface area contributed by atoms with Gasteiger partial charge >= 0.3 is 0 Å². The van der Waals surface area contributed by atoms with E-state index >= 15 is 0 Å². The molecule has 0 aliphatic carbocycles. The molecule has 0 amide bonds. The van der Waals surface area contributed by atoms with Crippen LogP contribution in [0.15, 0.2) is 24.4 Å². The smallest absolute Gasteiger partial charge is 0.0414 e. The predicted octanol–water partition coefficient (Wildman–Crippen LogP) is 4.59. The second kappa shape index (κ2) is 5.74. The first-order valence-electron chi connectivity index (χ1n) is 6.07. The highest BCUT2D eigenvalue weighted by Gasteiger charge is 2.06. The number of unbranched alkanes of at least 4 members (excludes halogenated alkanes) is 1. The van der Waals surface area contributed by atoms with Crippen LogP contribution in [0.3, 0.4) is 0 Å². The van der Waals surface area contributed by atoms with Crippen molar-refractivity contribution in [3.8, 4) is 0 Å². The van der Waals surface area contributed by atoms with Crippen LogP contribution in [-0.4, -0.2) is 0 Å². The second-order valence-corrected chi connectivity index (χ2v) is 4.54. The van der Waals surface area contributed by atoms with Gasteiger partial charge in [-0.2, -0.15) is 0 Å². The normalized spacial score (nSPS) is 10.2. The molecule has 0 atom stereocenters. The molecule has 0 radical (unpaired) electrons. The van der Waals surface area contributed by atoms with E-state index in [4.69, 9.17) is 0 Å². The van der Waals surface area contributed by atoms with Gasteiger partial charge in [-0.15, -0.1) is 0 Å². The summed E-state index contributed by atoms with van der Waals surface area (Å²) in [4.78, 5) is 0. The summed E-state index contributed by atoms with van der Waals surface area (Å²) < 4.78 is 0. The molecule has 0 saturated carbocycles. The molecule has 1 rings (SSSR count). The van der Waals surface area contributed by atoms with Crippen molar-refractivity contribution in [3.05, 3.63) is 41.1 Å². The van der Waals surface area contributed by atoms with Crippen LogP contribution in [0.1, 0.15) is 43.4 Å². The topological polar surface area (TPSA) is 12.0 Å². The monoisotopic (exact) mass is 217 g/mol. The van der Waals surface area contributed by atoms with E-state index in [1.807, 2.05) is 6.92 Å². The van der Waals surface area contributed by atoms with Gasteiger partial charge in [-0.25, -0.2) is 0 Å². The van der Waals surface area contributed by atoms with Gasteiger partial charge in [0.05, 0.1) is 0 Å². The molecule has 0 unspecified atom stereocenters. The fraction of sp³-hybridized carbons (Fsp3) is 0.467. The summed E-state index contributed by atoms with van der Waals surface area (Å²) in [5.41, 5.74) is 6.46. The average molecular weight is 217 g/mol. The minimum absolute atomic E-state index is 0.994. The van der Waals surface area contributed by atoms with Crippen LogP contribution < -0.4 is 5.32 Å². The maximum Gasteiger partial charge on any atom is 0.0414 e. The Labute approximate surface area is 99.6 Å². The quantitative estimate of drug-likeness (QED) is 0.760. The number of anilines is 1. The summed E-state index contributed by atoms with van der Waals surface area (Å²) in [7, 11) is 0. The van der Waals surface area contributed by atoms with E-state index in [0.717, 1.165) is 5.70 Å². The van der Waals surface area contributed by atoms with Crippen LogP contribution in [0.5, 0.6) is 0 Å². The molecule has 0 aliphatic rings. The van der Waals surface area contributed by atoms with Crippen molar-refractivity contribution < 1.29 is 0 Å². The van der Waals surface area contributed by atoms with Gasteiger partial charge in [-0.3, -0.25) is 0 Å². The van der Waals surface area contributed by atoms with Gasteiger partial charge < -0.3 is 5.32 Å². The highest BCUT2D eigenvalue weighted by atomic mass is 14.9. The van der Waals surface area contributed by atoms with E-state index in [1.165, 1.54) is 41.6 Å². The lowest BCUT2D eigenvalue weighted by Gasteiger charge is -2.15. The van der Waals surface area contributed by atoms with E-state index in [9.17, 15) is 0 Å². The molecule has 0 aliphatic heterocycles. The van der Waals surface area contributed by atoms with Gasteiger partial charge in [0, 0.05) is 11.4 Å². The first-order chi connectivity index (χ1) is 7.56. The lowest BCUT2D eigenvalue weighted by Crippen LogP contribution is -2.01. The summed E-state index contributed by atoms with van der Waals surface area (Å²) in [6.07, 6.45) is 3.69. The fourth-order valence-corrected chi connectivity index (χ4v) is 2.00. The molecule has 0 bridgehead atoms. The number of hydrogen-bond acceptors (Lipinski definition) is 1. The summed E-state index contributed by atoms with van der Waals surface area (Å²) in [6.45, 7) is 12.5. The third-order valence-electron chi connectivity index (χ3n) is 2.96. The Bertz CT molecular complexity index is 377. The molecular weight excluding hydrogens is 194 g/mol. The lowest BCUT2D eigenvalue weighted by atomic mass is 9.96. The maximum atomic E-state index is 3.89. The number of nitrogens with one attached hydrogen (secondary N) is 1. The molecule has 0 heterocycles. The number of rotatable bonds is 5. The van der Waals surface area contributed by atoms with Crippen molar-refractivity contribution >= 4 is 5.69 Å². The number of hydrogen-bond donors (Lipinski definition) is 1. The van der Waals surface area contributed by atoms with Crippen LogP contribution >= 0.6 is 0 Å². The minimum atomic E-state index is 0.994.